The van der Waals surface area contributed by atoms with Crippen LogP contribution < -0.4 is 5.32 Å². The summed E-state index contributed by atoms with van der Waals surface area (Å²) < 4.78 is 22.5. The summed E-state index contributed by atoms with van der Waals surface area (Å²) in [7, 11) is 1.57. The van der Waals surface area contributed by atoms with Gasteiger partial charge < -0.3 is 5.32 Å². The van der Waals surface area contributed by atoms with Crippen LogP contribution in [0.2, 0.25) is 0 Å². The first-order valence-corrected chi connectivity index (χ1v) is 7.97. The zero-order valence-corrected chi connectivity index (χ0v) is 11.7. The molecule has 98 valence electrons. The number of carbonyl (C=O) groups excluding carboxylic acids is 1. The molecule has 0 aromatic heterocycles. The Hall–Kier alpha value is -1.07. The van der Waals surface area contributed by atoms with E-state index in [4.69, 9.17) is 10.7 Å². The first kappa shape index (κ1) is 13.4. The van der Waals surface area contributed by atoms with E-state index in [0.29, 0.717) is 16.8 Å². The highest BCUT2D eigenvalue weighted by Gasteiger charge is 2.30. The largest absolute Gasteiger partial charge is 0.325 e. The van der Waals surface area contributed by atoms with Gasteiger partial charge in [0, 0.05) is 22.3 Å². The molecule has 1 aromatic rings. The predicted octanol–water partition coefficient (Wildman–Crippen LogP) is 2.58. The Balaban J connectivity index is 2.34. The Labute approximate surface area is 111 Å². The fraction of sp³-hybridized carbons (Fsp3) is 0.417. The minimum absolute atomic E-state index is 0.00248. The van der Waals surface area contributed by atoms with Gasteiger partial charge in [-0.15, -0.1) is 0 Å². The summed E-state index contributed by atoms with van der Waals surface area (Å²) in [6.07, 6.45) is 1.86. The van der Waals surface area contributed by atoms with Crippen LogP contribution in [-0.4, -0.2) is 14.3 Å². The van der Waals surface area contributed by atoms with E-state index in [1.54, 1.807) is 13.8 Å². The minimum atomic E-state index is -3.74. The molecule has 0 unspecified atom stereocenters. The van der Waals surface area contributed by atoms with E-state index in [9.17, 15) is 13.2 Å². The van der Waals surface area contributed by atoms with Gasteiger partial charge >= 0.3 is 0 Å². The molecule has 1 fully saturated rings. The lowest BCUT2D eigenvalue weighted by Crippen LogP contribution is -2.15. The second kappa shape index (κ2) is 4.55. The van der Waals surface area contributed by atoms with E-state index in [1.165, 1.54) is 12.1 Å². The van der Waals surface area contributed by atoms with Crippen LogP contribution in [0.1, 0.15) is 24.0 Å². The van der Waals surface area contributed by atoms with Gasteiger partial charge in [-0.3, -0.25) is 4.79 Å². The maximum Gasteiger partial charge on any atom is 0.261 e. The second-order valence-electron chi connectivity index (χ2n) is 4.63. The van der Waals surface area contributed by atoms with Gasteiger partial charge in [0.2, 0.25) is 5.91 Å². The van der Waals surface area contributed by atoms with Gasteiger partial charge in [-0.2, -0.15) is 0 Å². The summed E-state index contributed by atoms with van der Waals surface area (Å²) >= 11 is 0. The number of amides is 1. The van der Waals surface area contributed by atoms with Crippen molar-refractivity contribution in [3.8, 4) is 0 Å². The molecule has 1 saturated carbocycles. The fourth-order valence-electron chi connectivity index (χ4n) is 1.83. The fourth-order valence-corrected chi connectivity index (χ4v) is 2.73. The third kappa shape index (κ3) is 2.84. The van der Waals surface area contributed by atoms with Crippen LogP contribution in [0.5, 0.6) is 0 Å². The average Bonchev–Trinajstić information content (AvgIpc) is 3.04. The molecule has 0 bridgehead atoms. The van der Waals surface area contributed by atoms with Gasteiger partial charge in [0.05, 0.1) is 4.90 Å². The van der Waals surface area contributed by atoms with Crippen LogP contribution in [0.25, 0.3) is 0 Å². The molecule has 6 heteroatoms. The molecule has 0 aliphatic heterocycles. The normalized spacial score (nSPS) is 15.5. The number of rotatable bonds is 3. The highest BCUT2D eigenvalue weighted by atomic mass is 35.7. The van der Waals surface area contributed by atoms with E-state index in [0.717, 1.165) is 12.8 Å². The van der Waals surface area contributed by atoms with Crippen LogP contribution >= 0.6 is 10.7 Å². The number of aryl methyl sites for hydroxylation is 2. The van der Waals surface area contributed by atoms with Crippen molar-refractivity contribution < 1.29 is 13.2 Å². The van der Waals surface area contributed by atoms with Gasteiger partial charge in [-0.1, -0.05) is 0 Å². The molecule has 0 saturated heterocycles. The van der Waals surface area contributed by atoms with Crippen molar-refractivity contribution in [3.05, 3.63) is 23.3 Å². The number of hydrogen-bond donors (Lipinski definition) is 1. The lowest BCUT2D eigenvalue weighted by Gasteiger charge is -2.12. The molecular weight excluding hydrogens is 274 g/mol. The predicted molar refractivity (Wildman–Crippen MR) is 70.3 cm³/mol. The Kier molecular flexibility index (Phi) is 3.38. The van der Waals surface area contributed by atoms with Gasteiger partial charge in [0.25, 0.3) is 9.05 Å². The van der Waals surface area contributed by atoms with Crippen molar-refractivity contribution in [1.82, 2.24) is 0 Å². The third-order valence-corrected chi connectivity index (χ3v) is 4.32. The smallest absolute Gasteiger partial charge is 0.261 e. The molecule has 18 heavy (non-hydrogen) atoms. The summed E-state index contributed by atoms with van der Waals surface area (Å²) in [5.74, 6) is 0.114. The zero-order chi connectivity index (χ0) is 13.5. The zero-order valence-electron chi connectivity index (χ0n) is 10.2. The minimum Gasteiger partial charge on any atom is -0.325 e. The van der Waals surface area contributed by atoms with E-state index < -0.39 is 9.05 Å². The van der Waals surface area contributed by atoms with Crippen molar-refractivity contribution in [3.63, 3.8) is 0 Å². The van der Waals surface area contributed by atoms with Gasteiger partial charge in [-0.05, 0) is 49.9 Å². The van der Waals surface area contributed by atoms with E-state index >= 15 is 0 Å². The van der Waals surface area contributed by atoms with Gasteiger partial charge in [0.1, 0.15) is 0 Å². The average molecular weight is 288 g/mol. The first-order chi connectivity index (χ1) is 8.29. The molecule has 1 aliphatic rings. The van der Waals surface area contributed by atoms with Crippen LogP contribution in [0.4, 0.5) is 5.69 Å². The van der Waals surface area contributed by atoms with Crippen molar-refractivity contribution in [1.29, 1.82) is 0 Å². The van der Waals surface area contributed by atoms with Crippen molar-refractivity contribution in [2.45, 2.75) is 31.6 Å². The summed E-state index contributed by atoms with van der Waals surface area (Å²) in [6, 6.07) is 2.94. The summed E-state index contributed by atoms with van der Waals surface area (Å²) in [6.45, 7) is 3.50. The Morgan fingerprint density at radius 3 is 2.17 bits per heavy atom. The molecule has 1 aromatic carbocycles. The quantitative estimate of drug-likeness (QED) is 0.869. The number of benzene rings is 1. The molecule has 1 N–H and O–H groups in total. The van der Waals surface area contributed by atoms with Crippen LogP contribution in [0.3, 0.4) is 0 Å². The van der Waals surface area contributed by atoms with Crippen LogP contribution in [0, 0.1) is 19.8 Å². The maximum absolute atomic E-state index is 11.7. The Morgan fingerprint density at radius 1 is 1.28 bits per heavy atom. The Bertz CT molecular complexity index is 583. The van der Waals surface area contributed by atoms with Crippen LogP contribution in [0.15, 0.2) is 17.0 Å². The first-order valence-electron chi connectivity index (χ1n) is 5.66. The molecule has 2 rings (SSSR count). The second-order valence-corrected chi connectivity index (χ2v) is 7.20. The maximum atomic E-state index is 11.7. The highest BCUT2D eigenvalue weighted by Crippen LogP contribution is 2.32. The third-order valence-electron chi connectivity index (χ3n) is 2.98. The lowest BCUT2D eigenvalue weighted by atomic mass is 10.1. The van der Waals surface area contributed by atoms with E-state index in [-0.39, 0.29) is 16.7 Å². The van der Waals surface area contributed by atoms with Crippen molar-refractivity contribution in [2.75, 3.05) is 5.32 Å². The lowest BCUT2D eigenvalue weighted by molar-refractivity contribution is -0.117. The highest BCUT2D eigenvalue weighted by molar-refractivity contribution is 8.13. The number of carbonyl (C=O) groups is 1. The summed E-state index contributed by atoms with van der Waals surface area (Å²) in [5.41, 5.74) is 2.07. The van der Waals surface area contributed by atoms with Gasteiger partial charge in [-0.25, -0.2) is 8.42 Å². The molecule has 1 amide bonds. The van der Waals surface area contributed by atoms with Crippen LogP contribution in [-0.2, 0) is 13.8 Å². The topological polar surface area (TPSA) is 63.2 Å². The molecule has 1 aliphatic carbocycles. The van der Waals surface area contributed by atoms with Crippen molar-refractivity contribution in [2.24, 2.45) is 5.92 Å². The van der Waals surface area contributed by atoms with E-state index in [2.05, 4.69) is 5.32 Å². The molecule has 0 heterocycles. The number of nitrogens with one attached hydrogen (secondary N) is 1. The number of anilines is 1. The molecule has 0 spiro atoms. The molecular formula is C12H14ClNO3S. The van der Waals surface area contributed by atoms with E-state index in [1.807, 2.05) is 0 Å². The van der Waals surface area contributed by atoms with Crippen molar-refractivity contribution >= 4 is 31.3 Å². The van der Waals surface area contributed by atoms with Gasteiger partial charge in [0.15, 0.2) is 0 Å². The summed E-state index contributed by atoms with van der Waals surface area (Å²) in [4.78, 5) is 11.8. The monoisotopic (exact) mass is 287 g/mol. The SMILES string of the molecule is Cc1cc(S(=O)(=O)Cl)cc(C)c1NC(=O)C1CC1. The summed E-state index contributed by atoms with van der Waals surface area (Å²) in [5, 5.41) is 2.84. The standard InChI is InChI=1S/C12H14ClNO3S/c1-7-5-10(18(13,16)17)6-8(2)11(7)14-12(15)9-3-4-9/h5-6,9H,3-4H2,1-2H3,(H,14,15). The number of halogens is 1. The number of hydrogen-bond acceptors (Lipinski definition) is 3. The molecule has 4 nitrogen and oxygen atoms in total. The molecule has 0 radical (unpaired) electrons. The Morgan fingerprint density at radius 2 is 1.78 bits per heavy atom. The molecule has 0 atom stereocenters.